The fourth-order valence-electron chi connectivity index (χ4n) is 4.97. The normalized spacial score (nSPS) is 16.7. The molecule has 1 aromatic carbocycles. The van der Waals surface area contributed by atoms with Crippen LogP contribution in [0, 0.1) is 0 Å². The molecular weight excluding hydrogens is 460 g/mol. The second kappa shape index (κ2) is 9.75. The molecule has 180 valence electrons. The van der Waals surface area contributed by atoms with Gasteiger partial charge in [-0.25, -0.2) is 4.98 Å². The van der Waals surface area contributed by atoms with Gasteiger partial charge in [0.15, 0.2) is 0 Å². The lowest BCUT2D eigenvalue weighted by atomic mass is 10.1. The Kier molecular flexibility index (Phi) is 6.18. The number of carbonyl (C=O) groups is 1. The van der Waals surface area contributed by atoms with Gasteiger partial charge in [-0.2, -0.15) is 4.98 Å². The first kappa shape index (κ1) is 22.2. The van der Waals surface area contributed by atoms with Gasteiger partial charge in [-0.1, -0.05) is 48.0 Å². The molecule has 0 unspecified atom stereocenters. The van der Waals surface area contributed by atoms with Gasteiger partial charge in [0.05, 0.1) is 17.1 Å². The van der Waals surface area contributed by atoms with Gasteiger partial charge in [0.1, 0.15) is 11.5 Å². The average Bonchev–Trinajstić information content (AvgIpc) is 3.62. The van der Waals surface area contributed by atoms with Crippen molar-refractivity contribution in [1.82, 2.24) is 29.5 Å². The lowest BCUT2D eigenvalue weighted by molar-refractivity contribution is 0.0608. The van der Waals surface area contributed by atoms with E-state index in [0.717, 1.165) is 60.9 Å². The maximum absolute atomic E-state index is 13.6. The second-order valence-electron chi connectivity index (χ2n) is 9.12. The molecule has 4 aromatic rings. The maximum atomic E-state index is 13.6. The molecule has 6 rings (SSSR count). The molecule has 0 aliphatic carbocycles. The highest BCUT2D eigenvalue weighted by Crippen LogP contribution is 2.28. The minimum Gasteiger partial charge on any atom is -0.338 e. The number of fused-ring (bicyclic) bond motifs is 1. The molecular formula is C26H28N6O2S. The maximum Gasteiger partial charge on any atom is 0.274 e. The molecule has 5 heterocycles. The second-order valence-corrected chi connectivity index (χ2v) is 10.1. The Morgan fingerprint density at radius 2 is 1.80 bits per heavy atom. The molecule has 9 heteroatoms. The Morgan fingerprint density at radius 3 is 2.60 bits per heavy atom. The molecule has 35 heavy (non-hydrogen) atoms. The molecule has 1 saturated heterocycles. The Morgan fingerprint density at radius 1 is 0.943 bits per heavy atom. The minimum atomic E-state index is 0.0512. The van der Waals surface area contributed by atoms with E-state index in [1.165, 1.54) is 6.42 Å². The zero-order chi connectivity index (χ0) is 23.6. The smallest absolute Gasteiger partial charge is 0.274 e. The number of amides is 1. The minimum absolute atomic E-state index is 0.0512. The van der Waals surface area contributed by atoms with Gasteiger partial charge in [0.25, 0.3) is 5.91 Å². The predicted octanol–water partition coefficient (Wildman–Crippen LogP) is 4.35. The van der Waals surface area contributed by atoms with E-state index in [1.807, 2.05) is 40.6 Å². The SMILES string of the molecule is O=C(c1nc(-c2ccccc2)n2c1CCCCC2)N1CCN(Cc2nc(-c3cccs3)no2)CC1. The molecule has 0 spiro atoms. The van der Waals surface area contributed by atoms with Crippen molar-refractivity contribution in [2.24, 2.45) is 0 Å². The van der Waals surface area contributed by atoms with E-state index < -0.39 is 0 Å². The summed E-state index contributed by atoms with van der Waals surface area (Å²) in [7, 11) is 0. The average molecular weight is 489 g/mol. The number of rotatable bonds is 5. The van der Waals surface area contributed by atoms with Crippen LogP contribution in [0.15, 0.2) is 52.4 Å². The molecule has 0 N–H and O–H groups in total. The number of nitrogens with zero attached hydrogens (tertiary/aromatic N) is 6. The van der Waals surface area contributed by atoms with E-state index in [2.05, 4.69) is 31.7 Å². The summed E-state index contributed by atoms with van der Waals surface area (Å²) < 4.78 is 7.75. The van der Waals surface area contributed by atoms with Crippen LogP contribution in [-0.4, -0.2) is 61.6 Å². The van der Waals surface area contributed by atoms with Gasteiger partial charge in [0, 0.05) is 38.3 Å². The Bertz CT molecular complexity index is 1290. The van der Waals surface area contributed by atoms with Crippen molar-refractivity contribution in [3.63, 3.8) is 0 Å². The van der Waals surface area contributed by atoms with Gasteiger partial charge in [0.2, 0.25) is 11.7 Å². The molecule has 0 atom stereocenters. The van der Waals surface area contributed by atoms with E-state index in [4.69, 9.17) is 9.51 Å². The number of piperazine rings is 1. The third kappa shape index (κ3) is 4.53. The fraction of sp³-hybridized carbons (Fsp3) is 0.385. The molecule has 0 bridgehead atoms. The van der Waals surface area contributed by atoms with Crippen molar-refractivity contribution in [1.29, 1.82) is 0 Å². The molecule has 0 saturated carbocycles. The molecule has 2 aliphatic heterocycles. The Hall–Kier alpha value is -3.30. The number of hydrogen-bond acceptors (Lipinski definition) is 7. The van der Waals surface area contributed by atoms with Gasteiger partial charge in [-0.05, 0) is 30.7 Å². The molecule has 1 amide bonds. The first-order valence-electron chi connectivity index (χ1n) is 12.3. The van der Waals surface area contributed by atoms with Gasteiger partial charge >= 0.3 is 0 Å². The number of benzene rings is 1. The van der Waals surface area contributed by atoms with Crippen LogP contribution in [0.2, 0.25) is 0 Å². The fourth-order valence-corrected chi connectivity index (χ4v) is 5.62. The summed E-state index contributed by atoms with van der Waals surface area (Å²) in [5.41, 5.74) is 2.80. The molecule has 8 nitrogen and oxygen atoms in total. The highest BCUT2D eigenvalue weighted by molar-refractivity contribution is 7.13. The summed E-state index contributed by atoms with van der Waals surface area (Å²) >= 11 is 1.60. The van der Waals surface area contributed by atoms with Gasteiger partial charge < -0.3 is 14.0 Å². The number of hydrogen-bond donors (Lipinski definition) is 0. The standard InChI is InChI=1S/C26H28N6O2S/c33-26(23-20-10-5-2-6-12-32(20)25(28-23)19-8-3-1-4-9-19)31-15-13-30(14-16-31)18-22-27-24(29-34-22)21-11-7-17-35-21/h1,3-4,7-9,11,17H,2,5-6,10,12-16,18H2. The van der Waals surface area contributed by atoms with Crippen LogP contribution in [-0.2, 0) is 19.5 Å². The molecule has 1 fully saturated rings. The zero-order valence-corrected chi connectivity index (χ0v) is 20.4. The Labute approximate surface area is 208 Å². The summed E-state index contributed by atoms with van der Waals surface area (Å²) in [5, 5.41) is 6.11. The van der Waals surface area contributed by atoms with Crippen LogP contribution >= 0.6 is 11.3 Å². The Balaban J connectivity index is 1.15. The van der Waals surface area contributed by atoms with E-state index in [-0.39, 0.29) is 5.91 Å². The zero-order valence-electron chi connectivity index (χ0n) is 19.6. The van der Waals surface area contributed by atoms with Gasteiger partial charge in [-0.15, -0.1) is 11.3 Å². The third-order valence-electron chi connectivity index (χ3n) is 6.83. The summed E-state index contributed by atoms with van der Waals surface area (Å²) in [6.07, 6.45) is 4.32. The van der Waals surface area contributed by atoms with Crippen LogP contribution in [0.3, 0.4) is 0 Å². The number of imidazole rings is 1. The van der Waals surface area contributed by atoms with Crippen molar-refractivity contribution in [2.45, 2.75) is 38.8 Å². The van der Waals surface area contributed by atoms with Crippen LogP contribution in [0.25, 0.3) is 22.1 Å². The van der Waals surface area contributed by atoms with Crippen LogP contribution in [0.1, 0.15) is 41.3 Å². The molecule has 0 radical (unpaired) electrons. The highest BCUT2D eigenvalue weighted by atomic mass is 32.1. The lowest BCUT2D eigenvalue weighted by Crippen LogP contribution is -2.48. The first-order chi connectivity index (χ1) is 17.3. The topological polar surface area (TPSA) is 80.3 Å². The van der Waals surface area contributed by atoms with Crippen molar-refractivity contribution in [3.05, 3.63) is 65.1 Å². The monoisotopic (exact) mass is 488 g/mol. The van der Waals surface area contributed by atoms with E-state index >= 15 is 0 Å². The van der Waals surface area contributed by atoms with Gasteiger partial charge in [-0.3, -0.25) is 9.69 Å². The number of aromatic nitrogens is 4. The van der Waals surface area contributed by atoms with Crippen molar-refractivity contribution < 1.29 is 9.32 Å². The van der Waals surface area contributed by atoms with Crippen molar-refractivity contribution in [2.75, 3.05) is 26.2 Å². The van der Waals surface area contributed by atoms with Crippen LogP contribution in [0.4, 0.5) is 0 Å². The van der Waals surface area contributed by atoms with Crippen molar-refractivity contribution in [3.8, 4) is 22.1 Å². The van der Waals surface area contributed by atoms with Crippen molar-refractivity contribution >= 4 is 17.2 Å². The summed E-state index contributed by atoms with van der Waals surface area (Å²) in [4.78, 5) is 28.3. The summed E-state index contributed by atoms with van der Waals surface area (Å²) in [6, 6.07) is 14.2. The van der Waals surface area contributed by atoms with E-state index in [9.17, 15) is 4.79 Å². The summed E-state index contributed by atoms with van der Waals surface area (Å²) in [6.45, 7) is 4.38. The van der Waals surface area contributed by atoms with Crippen LogP contribution < -0.4 is 0 Å². The largest absolute Gasteiger partial charge is 0.338 e. The quantitative estimate of drug-likeness (QED) is 0.416. The highest BCUT2D eigenvalue weighted by Gasteiger charge is 2.30. The molecule has 2 aliphatic rings. The van der Waals surface area contributed by atoms with Crippen LogP contribution in [0.5, 0.6) is 0 Å². The third-order valence-corrected chi connectivity index (χ3v) is 7.70. The number of thiophene rings is 1. The number of carbonyl (C=O) groups excluding carboxylic acids is 1. The van der Waals surface area contributed by atoms with E-state index in [1.54, 1.807) is 11.3 Å². The molecule has 3 aromatic heterocycles. The lowest BCUT2D eigenvalue weighted by Gasteiger charge is -2.33. The predicted molar refractivity (Wildman–Crippen MR) is 134 cm³/mol. The first-order valence-corrected chi connectivity index (χ1v) is 13.2. The van der Waals surface area contributed by atoms with E-state index in [0.29, 0.717) is 37.0 Å². The summed E-state index contributed by atoms with van der Waals surface area (Å²) in [5.74, 6) is 2.22.